The molecule has 2 unspecified atom stereocenters. The number of hydrogen-bond donors (Lipinski definition) is 0. The molecule has 1 spiro atoms. The predicted molar refractivity (Wildman–Crippen MR) is 107 cm³/mol. The standard InChI is InChI=1S/C22H20N4O2/c1-14-19-15(2)23-25(17-10-6-4-7-11-17)20(19)28-22(14)16(3)24-26(21(22)27)18-12-8-5-9-13-18/h4-14H,1-3H3. The number of nitrogens with zero attached hydrogens (tertiary/aromatic N) is 4. The molecule has 2 atom stereocenters. The summed E-state index contributed by atoms with van der Waals surface area (Å²) in [5.74, 6) is 0.262. The zero-order valence-corrected chi connectivity index (χ0v) is 16.0. The number of carbonyl (C=O) groups is 1. The molecule has 5 rings (SSSR count). The summed E-state index contributed by atoms with van der Waals surface area (Å²) in [6.45, 7) is 5.83. The van der Waals surface area contributed by atoms with Gasteiger partial charge in [0.15, 0.2) is 0 Å². The molecular weight excluding hydrogens is 352 g/mol. The van der Waals surface area contributed by atoms with Crippen molar-refractivity contribution in [2.75, 3.05) is 5.01 Å². The van der Waals surface area contributed by atoms with Crippen LogP contribution in [-0.2, 0) is 4.79 Å². The fourth-order valence-corrected chi connectivity index (χ4v) is 4.25. The minimum Gasteiger partial charge on any atom is -0.453 e. The average molecular weight is 372 g/mol. The zero-order chi connectivity index (χ0) is 19.5. The lowest BCUT2D eigenvalue weighted by atomic mass is 9.82. The monoisotopic (exact) mass is 372 g/mol. The largest absolute Gasteiger partial charge is 0.453 e. The summed E-state index contributed by atoms with van der Waals surface area (Å²) < 4.78 is 8.21. The van der Waals surface area contributed by atoms with Crippen molar-refractivity contribution in [3.63, 3.8) is 0 Å². The van der Waals surface area contributed by atoms with E-state index < -0.39 is 5.60 Å². The Balaban J connectivity index is 1.61. The van der Waals surface area contributed by atoms with Gasteiger partial charge in [-0.05, 0) is 38.1 Å². The molecular formula is C22H20N4O2. The quantitative estimate of drug-likeness (QED) is 0.687. The highest BCUT2D eigenvalue weighted by Crippen LogP contribution is 2.50. The van der Waals surface area contributed by atoms with Crippen LogP contribution in [-0.4, -0.2) is 27.0 Å². The van der Waals surface area contributed by atoms with Crippen LogP contribution in [0.1, 0.15) is 31.0 Å². The van der Waals surface area contributed by atoms with Crippen LogP contribution in [0.3, 0.4) is 0 Å². The normalized spacial score (nSPS) is 23.1. The summed E-state index contributed by atoms with van der Waals surface area (Å²) in [7, 11) is 0. The van der Waals surface area contributed by atoms with Gasteiger partial charge in [0.1, 0.15) is 0 Å². The van der Waals surface area contributed by atoms with Gasteiger partial charge < -0.3 is 4.74 Å². The molecule has 0 saturated carbocycles. The third kappa shape index (κ3) is 2.05. The van der Waals surface area contributed by atoms with Crippen LogP contribution in [0.25, 0.3) is 5.69 Å². The fourth-order valence-electron chi connectivity index (χ4n) is 4.25. The first kappa shape index (κ1) is 16.7. The highest BCUT2D eigenvalue weighted by atomic mass is 16.5. The second-order valence-electron chi connectivity index (χ2n) is 7.25. The number of fused-ring (bicyclic) bond motifs is 1. The maximum atomic E-state index is 13.5. The van der Waals surface area contributed by atoms with Crippen LogP contribution < -0.4 is 9.75 Å². The first-order valence-electron chi connectivity index (χ1n) is 9.33. The van der Waals surface area contributed by atoms with Crippen molar-refractivity contribution in [3.8, 4) is 11.6 Å². The number of aromatic nitrogens is 2. The lowest BCUT2D eigenvalue weighted by Gasteiger charge is -2.27. The number of hydrazone groups is 1. The number of hydrogen-bond acceptors (Lipinski definition) is 4. The smallest absolute Gasteiger partial charge is 0.298 e. The van der Waals surface area contributed by atoms with Crippen molar-refractivity contribution in [1.82, 2.24) is 9.78 Å². The Bertz CT molecular complexity index is 1100. The molecule has 2 aliphatic rings. The molecule has 3 aromatic rings. The number of ether oxygens (including phenoxy) is 1. The molecule has 6 heteroatoms. The van der Waals surface area contributed by atoms with Crippen LogP contribution >= 0.6 is 0 Å². The SMILES string of the molecule is CC1=NN(c2ccccc2)C(=O)C12Oc1c(c(C)nn1-c1ccccc1)C2C. The maximum absolute atomic E-state index is 13.5. The van der Waals surface area contributed by atoms with Gasteiger partial charge in [0.25, 0.3) is 5.91 Å². The second kappa shape index (κ2) is 5.79. The molecule has 3 heterocycles. The van der Waals surface area contributed by atoms with Crippen molar-refractivity contribution in [1.29, 1.82) is 0 Å². The van der Waals surface area contributed by atoms with E-state index in [4.69, 9.17) is 4.74 Å². The molecule has 0 N–H and O–H groups in total. The van der Waals surface area contributed by atoms with Crippen LogP contribution in [0.4, 0.5) is 5.69 Å². The number of aryl methyl sites for hydroxylation is 1. The number of carbonyl (C=O) groups excluding carboxylic acids is 1. The maximum Gasteiger partial charge on any atom is 0.298 e. The van der Waals surface area contributed by atoms with E-state index in [1.54, 1.807) is 4.68 Å². The summed E-state index contributed by atoms with van der Waals surface area (Å²) in [5, 5.41) is 10.7. The molecule has 2 aliphatic heterocycles. The molecule has 0 fully saturated rings. The Morgan fingerprint density at radius 1 is 0.964 bits per heavy atom. The van der Waals surface area contributed by atoms with E-state index in [1.807, 2.05) is 81.4 Å². The molecule has 0 radical (unpaired) electrons. The van der Waals surface area contributed by atoms with Gasteiger partial charge in [-0.2, -0.15) is 15.2 Å². The van der Waals surface area contributed by atoms with Gasteiger partial charge >= 0.3 is 0 Å². The van der Waals surface area contributed by atoms with Gasteiger partial charge in [0.2, 0.25) is 11.5 Å². The molecule has 6 nitrogen and oxygen atoms in total. The minimum atomic E-state index is -1.13. The average Bonchev–Trinajstić information content (AvgIpc) is 3.30. The Morgan fingerprint density at radius 2 is 1.57 bits per heavy atom. The van der Waals surface area contributed by atoms with Gasteiger partial charge in [0, 0.05) is 11.5 Å². The van der Waals surface area contributed by atoms with Crippen molar-refractivity contribution < 1.29 is 9.53 Å². The minimum absolute atomic E-state index is 0.168. The number of rotatable bonds is 2. The molecule has 1 amide bonds. The van der Waals surface area contributed by atoms with Gasteiger partial charge in [-0.25, -0.2) is 4.68 Å². The van der Waals surface area contributed by atoms with E-state index in [-0.39, 0.29) is 11.8 Å². The summed E-state index contributed by atoms with van der Waals surface area (Å²) in [6.07, 6.45) is 0. The zero-order valence-electron chi connectivity index (χ0n) is 16.0. The van der Waals surface area contributed by atoms with E-state index in [9.17, 15) is 4.79 Å². The Labute approximate surface area is 163 Å². The third-order valence-corrected chi connectivity index (χ3v) is 5.66. The third-order valence-electron chi connectivity index (χ3n) is 5.66. The molecule has 0 saturated heterocycles. The van der Waals surface area contributed by atoms with Crippen LogP contribution in [0, 0.1) is 6.92 Å². The van der Waals surface area contributed by atoms with Gasteiger partial charge in [-0.15, -0.1) is 0 Å². The van der Waals surface area contributed by atoms with E-state index in [0.29, 0.717) is 11.6 Å². The molecule has 2 aromatic carbocycles. The van der Waals surface area contributed by atoms with E-state index in [1.165, 1.54) is 5.01 Å². The summed E-state index contributed by atoms with van der Waals surface area (Å²) >= 11 is 0. The number of amides is 1. The lowest BCUT2D eigenvalue weighted by molar-refractivity contribution is -0.127. The van der Waals surface area contributed by atoms with Crippen LogP contribution in [0.15, 0.2) is 65.8 Å². The highest BCUT2D eigenvalue weighted by molar-refractivity contribution is 6.23. The van der Waals surface area contributed by atoms with E-state index >= 15 is 0 Å². The molecule has 28 heavy (non-hydrogen) atoms. The van der Waals surface area contributed by atoms with Crippen molar-refractivity contribution in [2.24, 2.45) is 5.10 Å². The number of para-hydroxylation sites is 2. The topological polar surface area (TPSA) is 59.7 Å². The lowest BCUT2D eigenvalue weighted by Crippen LogP contribution is -2.52. The molecule has 0 bridgehead atoms. The van der Waals surface area contributed by atoms with Crippen LogP contribution in [0.5, 0.6) is 5.88 Å². The number of benzene rings is 2. The van der Waals surface area contributed by atoms with Gasteiger partial charge in [-0.1, -0.05) is 43.3 Å². The van der Waals surface area contributed by atoms with Gasteiger partial charge in [0.05, 0.1) is 22.8 Å². The molecule has 0 aliphatic carbocycles. The summed E-state index contributed by atoms with van der Waals surface area (Å²) in [6, 6.07) is 19.3. The Morgan fingerprint density at radius 3 is 2.21 bits per heavy atom. The van der Waals surface area contributed by atoms with E-state index in [2.05, 4.69) is 10.2 Å². The summed E-state index contributed by atoms with van der Waals surface area (Å²) in [5.41, 5.74) is 2.98. The second-order valence-corrected chi connectivity index (χ2v) is 7.25. The van der Waals surface area contributed by atoms with Gasteiger partial charge in [-0.3, -0.25) is 4.79 Å². The molecule has 1 aromatic heterocycles. The van der Waals surface area contributed by atoms with Crippen molar-refractivity contribution in [2.45, 2.75) is 32.3 Å². The van der Waals surface area contributed by atoms with E-state index in [0.717, 1.165) is 22.6 Å². The molecule has 140 valence electrons. The Kier molecular flexibility index (Phi) is 3.46. The van der Waals surface area contributed by atoms with Crippen LogP contribution in [0.2, 0.25) is 0 Å². The Hall–Kier alpha value is -3.41. The van der Waals surface area contributed by atoms with Crippen molar-refractivity contribution in [3.05, 3.63) is 71.9 Å². The predicted octanol–water partition coefficient (Wildman–Crippen LogP) is 3.84. The summed E-state index contributed by atoms with van der Waals surface area (Å²) in [4.78, 5) is 13.5. The highest BCUT2D eigenvalue weighted by Gasteiger charge is 2.62. The first-order chi connectivity index (χ1) is 13.5. The first-order valence-corrected chi connectivity index (χ1v) is 9.33. The van der Waals surface area contributed by atoms with Crippen molar-refractivity contribution >= 4 is 17.3 Å². The fraction of sp³-hybridized carbons (Fsp3) is 0.227. The number of anilines is 1.